The Hall–Kier alpha value is -2.57. The Morgan fingerprint density at radius 1 is 0.750 bits per heavy atom. The molecule has 0 unspecified atom stereocenters. The molecule has 7 rings (SSSR count). The molecule has 2 amide bonds. The first kappa shape index (κ1) is 27.6. The number of carbonyl (C=O) groups excluding carboxylic acids is 3. The number of rotatable bonds is 8. The Labute approximate surface area is 252 Å². The number of imide groups is 1. The molecule has 3 aliphatic carbocycles. The van der Waals surface area contributed by atoms with Crippen LogP contribution in [0.15, 0.2) is 66.7 Å². The Kier molecular flexibility index (Phi) is 7.15. The van der Waals surface area contributed by atoms with Crippen molar-refractivity contribution < 1.29 is 19.1 Å². The number of alkyl halides is 2. The van der Waals surface area contributed by atoms with Gasteiger partial charge < -0.3 is 4.74 Å². The van der Waals surface area contributed by atoms with Crippen molar-refractivity contribution in [2.75, 3.05) is 6.54 Å². The average Bonchev–Trinajstić information content (AvgIpc) is 3.22. The van der Waals surface area contributed by atoms with Gasteiger partial charge in [-0.05, 0) is 52.8 Å². The van der Waals surface area contributed by atoms with E-state index in [1.54, 1.807) is 18.2 Å². The highest BCUT2D eigenvalue weighted by atomic mass is 35.5. The van der Waals surface area contributed by atoms with Crippen molar-refractivity contribution in [1.82, 2.24) is 4.90 Å². The summed E-state index contributed by atoms with van der Waals surface area (Å²) in [6, 6.07) is 20.3. The van der Waals surface area contributed by atoms with Crippen LogP contribution in [-0.2, 0) is 35.5 Å². The lowest BCUT2D eigenvalue weighted by molar-refractivity contribution is -0.145. The minimum Gasteiger partial charge on any atom is -0.461 e. The first-order valence-electron chi connectivity index (χ1n) is 13.2. The van der Waals surface area contributed by atoms with E-state index < -0.39 is 21.6 Å². The van der Waals surface area contributed by atoms with Gasteiger partial charge in [0.1, 0.15) is 16.4 Å². The van der Waals surface area contributed by atoms with Crippen LogP contribution in [-0.4, -0.2) is 29.2 Å². The van der Waals surface area contributed by atoms with E-state index in [1.165, 1.54) is 4.90 Å². The van der Waals surface area contributed by atoms with Gasteiger partial charge in [0, 0.05) is 13.0 Å². The number of nitrogens with zero attached hydrogens (tertiary/aromatic N) is 1. The van der Waals surface area contributed by atoms with Gasteiger partial charge in [0.2, 0.25) is 11.8 Å². The number of esters is 1. The molecule has 2 bridgehead atoms. The number of likely N-dealkylation sites (tertiary alicyclic amines) is 1. The van der Waals surface area contributed by atoms with Crippen LogP contribution in [0.2, 0.25) is 10.0 Å². The van der Waals surface area contributed by atoms with Crippen molar-refractivity contribution in [1.29, 1.82) is 0 Å². The summed E-state index contributed by atoms with van der Waals surface area (Å²) in [5.41, 5.74) is 3.90. The molecule has 1 aliphatic heterocycles. The average molecular weight is 617 g/mol. The molecule has 40 heavy (non-hydrogen) atoms. The van der Waals surface area contributed by atoms with Crippen molar-refractivity contribution in [3.63, 3.8) is 0 Å². The summed E-state index contributed by atoms with van der Waals surface area (Å²) in [5, 5.41) is 0.845. The van der Waals surface area contributed by atoms with E-state index in [2.05, 4.69) is 0 Å². The van der Waals surface area contributed by atoms with Crippen LogP contribution < -0.4 is 0 Å². The zero-order valence-electron chi connectivity index (χ0n) is 21.3. The fourth-order valence-corrected chi connectivity index (χ4v) is 7.95. The van der Waals surface area contributed by atoms with E-state index in [0.717, 1.165) is 27.8 Å². The molecule has 3 aromatic carbocycles. The fourth-order valence-electron chi connectivity index (χ4n) is 6.53. The molecule has 4 aliphatic rings. The van der Waals surface area contributed by atoms with Crippen molar-refractivity contribution in [3.8, 4) is 0 Å². The van der Waals surface area contributed by atoms with E-state index in [9.17, 15) is 14.4 Å². The number of halogens is 4. The summed E-state index contributed by atoms with van der Waals surface area (Å²) in [5.74, 6) is -2.49. The fraction of sp³-hybridized carbons (Fsp3) is 0.323. The maximum Gasteiger partial charge on any atom is 0.306 e. The van der Waals surface area contributed by atoms with Crippen molar-refractivity contribution in [3.05, 3.63) is 105 Å². The highest BCUT2D eigenvalue weighted by molar-refractivity contribution is 6.42. The number of benzene rings is 3. The highest BCUT2D eigenvalue weighted by Gasteiger charge is 2.72. The second kappa shape index (κ2) is 10.4. The highest BCUT2D eigenvalue weighted by Crippen LogP contribution is 2.69. The predicted molar refractivity (Wildman–Crippen MR) is 155 cm³/mol. The smallest absolute Gasteiger partial charge is 0.306 e. The monoisotopic (exact) mass is 615 g/mol. The zero-order valence-corrected chi connectivity index (χ0v) is 24.4. The summed E-state index contributed by atoms with van der Waals surface area (Å²) in [6.07, 6.45) is 2.00. The molecule has 0 radical (unpaired) electrons. The normalized spacial score (nSPS) is 25.9. The van der Waals surface area contributed by atoms with Gasteiger partial charge in [0.25, 0.3) is 0 Å². The molecular weight excluding hydrogens is 592 g/mol. The SMILES string of the molecule is O=C(CCCCCN1C(=O)[C@@H]2[C@H](C1=O)C1(Cl)c3ccccc3C2(Cl)c2ccccc21)OCc1ccc(Cl)c(Cl)c1. The molecular formula is C31H25Cl4NO4. The van der Waals surface area contributed by atoms with Gasteiger partial charge in [-0.1, -0.05) is 84.2 Å². The van der Waals surface area contributed by atoms with Crippen LogP contribution >= 0.6 is 46.4 Å². The van der Waals surface area contributed by atoms with Gasteiger partial charge >= 0.3 is 5.97 Å². The van der Waals surface area contributed by atoms with Gasteiger partial charge in [-0.3, -0.25) is 19.3 Å². The number of unbranched alkanes of at least 4 members (excludes halogenated alkanes) is 2. The minimum atomic E-state index is -1.17. The summed E-state index contributed by atoms with van der Waals surface area (Å²) in [4.78, 5) is 38.8. The second-order valence-electron chi connectivity index (χ2n) is 10.5. The topological polar surface area (TPSA) is 63.7 Å². The third kappa shape index (κ3) is 4.08. The van der Waals surface area contributed by atoms with Gasteiger partial charge in [-0.15, -0.1) is 23.2 Å². The van der Waals surface area contributed by atoms with Crippen LogP contribution in [0.25, 0.3) is 0 Å². The summed E-state index contributed by atoms with van der Waals surface area (Å²) >= 11 is 26.8. The predicted octanol–water partition coefficient (Wildman–Crippen LogP) is 7.19. The number of hydrogen-bond donors (Lipinski definition) is 0. The Balaban J connectivity index is 1.11. The molecule has 206 valence electrons. The first-order chi connectivity index (χ1) is 19.2. The Bertz CT molecular complexity index is 1420. The molecule has 1 saturated heterocycles. The quantitative estimate of drug-likeness (QED) is 0.116. The molecule has 0 N–H and O–H groups in total. The molecule has 5 nitrogen and oxygen atoms in total. The lowest BCUT2D eigenvalue weighted by atomic mass is 9.54. The molecule has 0 aromatic heterocycles. The van der Waals surface area contributed by atoms with Crippen LogP contribution in [0, 0.1) is 11.8 Å². The molecule has 3 aromatic rings. The Morgan fingerprint density at radius 3 is 1.77 bits per heavy atom. The number of hydrogen-bond acceptors (Lipinski definition) is 4. The van der Waals surface area contributed by atoms with E-state index in [1.807, 2.05) is 48.5 Å². The molecule has 2 atom stereocenters. The second-order valence-corrected chi connectivity index (χ2v) is 12.5. The molecule has 0 saturated carbocycles. The molecule has 0 spiro atoms. The van der Waals surface area contributed by atoms with Crippen LogP contribution in [0.3, 0.4) is 0 Å². The lowest BCUT2D eigenvalue weighted by Crippen LogP contribution is -2.57. The summed E-state index contributed by atoms with van der Waals surface area (Å²) in [7, 11) is 0. The maximum atomic E-state index is 13.8. The number of amides is 2. The minimum absolute atomic E-state index is 0.112. The molecule has 1 heterocycles. The van der Waals surface area contributed by atoms with Gasteiger partial charge in [-0.25, -0.2) is 0 Å². The third-order valence-corrected chi connectivity index (χ3v) is 10.3. The lowest BCUT2D eigenvalue weighted by Gasteiger charge is -2.54. The number of ether oxygens (including phenoxy) is 1. The van der Waals surface area contributed by atoms with Gasteiger partial charge in [0.05, 0.1) is 21.9 Å². The molecule has 9 heteroatoms. The van der Waals surface area contributed by atoms with Crippen molar-refractivity contribution >= 4 is 64.2 Å². The molecule has 1 fully saturated rings. The summed E-state index contributed by atoms with van der Waals surface area (Å²) in [6.45, 7) is 0.357. The van der Waals surface area contributed by atoms with Gasteiger partial charge in [0.15, 0.2) is 0 Å². The van der Waals surface area contributed by atoms with Crippen molar-refractivity contribution in [2.24, 2.45) is 11.8 Å². The van der Waals surface area contributed by atoms with Crippen LogP contribution in [0.4, 0.5) is 0 Å². The maximum absolute atomic E-state index is 13.8. The zero-order chi connectivity index (χ0) is 28.2. The van der Waals surface area contributed by atoms with Gasteiger partial charge in [-0.2, -0.15) is 0 Å². The van der Waals surface area contributed by atoms with Crippen molar-refractivity contribution in [2.45, 2.75) is 42.0 Å². The Morgan fingerprint density at radius 2 is 1.27 bits per heavy atom. The van der Waals surface area contributed by atoms with Crippen LogP contribution in [0.1, 0.15) is 53.5 Å². The van der Waals surface area contributed by atoms with Crippen LogP contribution in [0.5, 0.6) is 0 Å². The first-order valence-corrected chi connectivity index (χ1v) is 14.7. The third-order valence-electron chi connectivity index (χ3n) is 8.32. The standard InChI is InChI=1S/C31H25Cl4NO4/c32-23-14-13-18(16-24(23)33)17-40-25(37)12-2-1-7-15-36-28(38)26-27(29(36)39)31(35)20-9-4-3-8-19(20)30(26,34)21-10-5-6-11-22(21)31/h3-6,8-11,13-14,16,26-27H,1-2,7,12,15,17H2/t26-,27+,30?,31?. The van der Waals surface area contributed by atoms with E-state index in [0.29, 0.717) is 29.3 Å². The summed E-state index contributed by atoms with van der Waals surface area (Å²) < 4.78 is 5.33. The number of carbonyl (C=O) groups is 3. The van der Waals surface area contributed by atoms with E-state index in [-0.39, 0.29) is 37.4 Å². The largest absolute Gasteiger partial charge is 0.461 e. The van der Waals surface area contributed by atoms with E-state index in [4.69, 9.17) is 51.1 Å². The van der Waals surface area contributed by atoms with E-state index >= 15 is 0 Å².